The van der Waals surface area contributed by atoms with Crippen LogP contribution in [0, 0.1) is 0 Å². The number of aromatic hydroxyl groups is 1. The summed E-state index contributed by atoms with van der Waals surface area (Å²) in [6.07, 6.45) is 0. The average Bonchev–Trinajstić information content (AvgIpc) is 2.46. The summed E-state index contributed by atoms with van der Waals surface area (Å²) in [7, 11) is 0. The van der Waals surface area contributed by atoms with E-state index in [0.717, 1.165) is 5.56 Å². The molecule has 0 bridgehead atoms. The summed E-state index contributed by atoms with van der Waals surface area (Å²) >= 11 is 0. The Hall–Kier alpha value is -2.49. The van der Waals surface area contributed by atoms with Gasteiger partial charge in [0.2, 0.25) is 0 Å². The van der Waals surface area contributed by atoms with Crippen LogP contribution in [-0.2, 0) is 11.3 Å². The lowest BCUT2D eigenvalue weighted by molar-refractivity contribution is 0.0525. The van der Waals surface area contributed by atoms with E-state index in [9.17, 15) is 9.90 Å². The molecule has 104 valence electrons. The summed E-state index contributed by atoms with van der Waals surface area (Å²) in [4.78, 5) is 11.6. The number of esters is 1. The van der Waals surface area contributed by atoms with E-state index in [0.29, 0.717) is 12.4 Å². The van der Waals surface area contributed by atoms with Crippen LogP contribution >= 0.6 is 0 Å². The summed E-state index contributed by atoms with van der Waals surface area (Å²) in [6, 6.07) is 14.0. The highest BCUT2D eigenvalue weighted by atomic mass is 16.5. The second kappa shape index (κ2) is 6.61. The summed E-state index contributed by atoms with van der Waals surface area (Å²) < 4.78 is 10.5. The van der Waals surface area contributed by atoms with Crippen molar-refractivity contribution in [3.63, 3.8) is 0 Å². The predicted molar refractivity (Wildman–Crippen MR) is 74.8 cm³/mol. The molecule has 0 spiro atoms. The number of hydrogen-bond acceptors (Lipinski definition) is 4. The van der Waals surface area contributed by atoms with E-state index < -0.39 is 5.97 Å². The zero-order chi connectivity index (χ0) is 14.4. The fourth-order valence-electron chi connectivity index (χ4n) is 1.74. The van der Waals surface area contributed by atoms with E-state index in [1.54, 1.807) is 13.0 Å². The minimum atomic E-state index is -0.479. The third-order valence-corrected chi connectivity index (χ3v) is 2.65. The largest absolute Gasteiger partial charge is 0.508 e. The van der Waals surface area contributed by atoms with Gasteiger partial charge in [-0.25, -0.2) is 4.79 Å². The molecule has 0 radical (unpaired) electrons. The molecule has 0 fully saturated rings. The van der Waals surface area contributed by atoms with Crippen molar-refractivity contribution in [3.05, 3.63) is 59.7 Å². The number of rotatable bonds is 5. The number of phenolic OH excluding ortho intramolecular Hbond substituents is 1. The Morgan fingerprint density at radius 2 is 1.90 bits per heavy atom. The average molecular weight is 272 g/mol. The topological polar surface area (TPSA) is 55.8 Å². The Balaban J connectivity index is 2.10. The molecule has 0 aliphatic rings. The van der Waals surface area contributed by atoms with Gasteiger partial charge in [0.1, 0.15) is 18.1 Å². The summed E-state index contributed by atoms with van der Waals surface area (Å²) in [5.41, 5.74) is 1.28. The second-order valence-corrected chi connectivity index (χ2v) is 4.21. The number of hydrogen-bond donors (Lipinski definition) is 1. The Morgan fingerprint density at radius 1 is 1.15 bits per heavy atom. The van der Waals surface area contributed by atoms with Gasteiger partial charge in [0.25, 0.3) is 0 Å². The minimum absolute atomic E-state index is 0.0291. The van der Waals surface area contributed by atoms with E-state index in [1.165, 1.54) is 12.1 Å². The third-order valence-electron chi connectivity index (χ3n) is 2.65. The number of carbonyl (C=O) groups is 1. The minimum Gasteiger partial charge on any atom is -0.508 e. The molecule has 1 N–H and O–H groups in total. The van der Waals surface area contributed by atoms with Gasteiger partial charge in [0.15, 0.2) is 0 Å². The molecule has 0 aliphatic carbocycles. The third kappa shape index (κ3) is 3.75. The summed E-state index contributed by atoms with van der Waals surface area (Å²) in [5.74, 6) is -0.0801. The molecule has 0 saturated carbocycles. The SMILES string of the molecule is CCOC(=O)c1cc(O)cc(OCc2ccccc2)c1. The van der Waals surface area contributed by atoms with Crippen LogP contribution in [-0.4, -0.2) is 17.7 Å². The van der Waals surface area contributed by atoms with Crippen LogP contribution in [0.15, 0.2) is 48.5 Å². The van der Waals surface area contributed by atoms with Gasteiger partial charge in [-0.3, -0.25) is 0 Å². The smallest absolute Gasteiger partial charge is 0.338 e. The molecule has 0 unspecified atom stereocenters. The molecule has 4 heteroatoms. The van der Waals surface area contributed by atoms with Crippen molar-refractivity contribution >= 4 is 5.97 Å². The Bertz CT molecular complexity index is 578. The van der Waals surface area contributed by atoms with Gasteiger partial charge in [-0.1, -0.05) is 30.3 Å². The Labute approximate surface area is 117 Å². The first kappa shape index (κ1) is 13.9. The van der Waals surface area contributed by atoms with E-state index in [-0.39, 0.29) is 17.9 Å². The first-order chi connectivity index (χ1) is 9.69. The van der Waals surface area contributed by atoms with Crippen LogP contribution in [0.3, 0.4) is 0 Å². The Kier molecular flexibility index (Phi) is 4.60. The van der Waals surface area contributed by atoms with Crippen LogP contribution in [0.2, 0.25) is 0 Å². The lowest BCUT2D eigenvalue weighted by Gasteiger charge is -2.09. The van der Waals surface area contributed by atoms with E-state index in [1.807, 2.05) is 30.3 Å². The maximum absolute atomic E-state index is 11.6. The maximum Gasteiger partial charge on any atom is 0.338 e. The van der Waals surface area contributed by atoms with Crippen LogP contribution in [0.4, 0.5) is 0 Å². The first-order valence-electron chi connectivity index (χ1n) is 6.37. The van der Waals surface area contributed by atoms with Crippen molar-refractivity contribution in [2.45, 2.75) is 13.5 Å². The van der Waals surface area contributed by atoms with E-state index >= 15 is 0 Å². The van der Waals surface area contributed by atoms with Crippen molar-refractivity contribution in [1.82, 2.24) is 0 Å². The number of carbonyl (C=O) groups excluding carboxylic acids is 1. The van der Waals surface area contributed by atoms with Crippen LogP contribution in [0.5, 0.6) is 11.5 Å². The normalized spacial score (nSPS) is 10.1. The van der Waals surface area contributed by atoms with Crippen molar-refractivity contribution < 1.29 is 19.4 Å². The molecule has 2 aromatic rings. The number of ether oxygens (including phenoxy) is 2. The summed E-state index contributed by atoms with van der Waals surface area (Å²) in [5, 5.41) is 9.62. The van der Waals surface area contributed by atoms with Gasteiger partial charge >= 0.3 is 5.97 Å². The molecule has 4 nitrogen and oxygen atoms in total. The molecule has 0 aromatic heterocycles. The molecule has 20 heavy (non-hydrogen) atoms. The molecular weight excluding hydrogens is 256 g/mol. The van der Waals surface area contributed by atoms with Crippen LogP contribution in [0.25, 0.3) is 0 Å². The highest BCUT2D eigenvalue weighted by molar-refractivity contribution is 5.90. The molecule has 2 aromatic carbocycles. The molecule has 0 saturated heterocycles. The first-order valence-corrected chi connectivity index (χ1v) is 6.37. The molecular formula is C16H16O4. The maximum atomic E-state index is 11.6. The molecule has 0 amide bonds. The molecule has 0 aliphatic heterocycles. The highest BCUT2D eigenvalue weighted by Gasteiger charge is 2.10. The zero-order valence-electron chi connectivity index (χ0n) is 11.2. The molecule has 0 heterocycles. The van der Waals surface area contributed by atoms with E-state index in [4.69, 9.17) is 9.47 Å². The van der Waals surface area contributed by atoms with Gasteiger partial charge in [0.05, 0.1) is 12.2 Å². The lowest BCUT2D eigenvalue weighted by atomic mass is 10.2. The molecule has 2 rings (SSSR count). The van der Waals surface area contributed by atoms with E-state index in [2.05, 4.69) is 0 Å². The van der Waals surface area contributed by atoms with Crippen molar-refractivity contribution in [3.8, 4) is 11.5 Å². The number of benzene rings is 2. The van der Waals surface area contributed by atoms with Gasteiger partial charge in [-0.15, -0.1) is 0 Å². The van der Waals surface area contributed by atoms with Crippen LogP contribution in [0.1, 0.15) is 22.8 Å². The fraction of sp³-hybridized carbons (Fsp3) is 0.188. The van der Waals surface area contributed by atoms with Crippen molar-refractivity contribution in [1.29, 1.82) is 0 Å². The predicted octanol–water partition coefficient (Wildman–Crippen LogP) is 3.15. The number of phenols is 1. The Morgan fingerprint density at radius 3 is 2.60 bits per heavy atom. The monoisotopic (exact) mass is 272 g/mol. The van der Waals surface area contributed by atoms with Gasteiger partial charge < -0.3 is 14.6 Å². The van der Waals surface area contributed by atoms with Gasteiger partial charge in [0, 0.05) is 6.07 Å². The fourth-order valence-corrected chi connectivity index (χ4v) is 1.74. The van der Waals surface area contributed by atoms with Crippen LogP contribution < -0.4 is 4.74 Å². The van der Waals surface area contributed by atoms with Crippen molar-refractivity contribution in [2.75, 3.05) is 6.61 Å². The molecule has 0 atom stereocenters. The standard InChI is InChI=1S/C16H16O4/c1-2-19-16(18)13-8-14(17)10-15(9-13)20-11-12-6-4-3-5-7-12/h3-10,17H,2,11H2,1H3. The van der Waals surface area contributed by atoms with Gasteiger partial charge in [-0.05, 0) is 24.6 Å². The second-order valence-electron chi connectivity index (χ2n) is 4.21. The zero-order valence-corrected chi connectivity index (χ0v) is 11.2. The summed E-state index contributed by atoms with van der Waals surface area (Å²) in [6.45, 7) is 2.38. The van der Waals surface area contributed by atoms with Gasteiger partial charge in [-0.2, -0.15) is 0 Å². The van der Waals surface area contributed by atoms with Crippen molar-refractivity contribution in [2.24, 2.45) is 0 Å². The highest BCUT2D eigenvalue weighted by Crippen LogP contribution is 2.23. The quantitative estimate of drug-likeness (QED) is 0.849. The lowest BCUT2D eigenvalue weighted by Crippen LogP contribution is -2.05.